The van der Waals surface area contributed by atoms with Crippen molar-refractivity contribution in [3.8, 4) is 5.75 Å². The average Bonchev–Trinajstić information content (AvgIpc) is 2.37. The number of unbranched alkanes of at least 4 members (excludes halogenated alkanes) is 1. The molecule has 0 aliphatic carbocycles. The molecule has 3 N–H and O–H groups in total. The highest BCUT2D eigenvalue weighted by atomic mass is 32.2. The Morgan fingerprint density at radius 1 is 1.38 bits per heavy atom. The van der Waals surface area contributed by atoms with Gasteiger partial charge in [-0.2, -0.15) is 0 Å². The number of hydrogen-bond donors (Lipinski definition) is 2. The predicted octanol–water partition coefficient (Wildman–Crippen LogP) is 1.65. The maximum Gasteiger partial charge on any atom is 0.251 e. The number of carbonyl (C=O) groups excluding carboxylic acids is 1. The topological polar surface area (TPSA) is 98.5 Å². The lowest BCUT2D eigenvalue weighted by Gasteiger charge is -2.14. The van der Waals surface area contributed by atoms with E-state index in [4.69, 9.17) is 9.88 Å². The second-order valence-electron chi connectivity index (χ2n) is 4.98. The number of benzene rings is 1. The standard InChI is InChI=1S/C14H22N2O4S/c1-4-5-8-16-14(17)11-6-7-12(20-10(2)3)13(9-11)21(15,18)19/h6-7,9-10H,4-5,8H2,1-3H3,(H,16,17)(H2,15,18,19). The largest absolute Gasteiger partial charge is 0.490 e. The van der Waals surface area contributed by atoms with Crippen molar-refractivity contribution in [2.24, 2.45) is 5.14 Å². The lowest BCUT2D eigenvalue weighted by molar-refractivity contribution is 0.0953. The summed E-state index contributed by atoms with van der Waals surface area (Å²) >= 11 is 0. The number of ether oxygens (including phenoxy) is 1. The summed E-state index contributed by atoms with van der Waals surface area (Å²) in [5.74, 6) is -0.179. The van der Waals surface area contributed by atoms with E-state index in [-0.39, 0.29) is 28.2 Å². The van der Waals surface area contributed by atoms with Crippen molar-refractivity contribution in [3.63, 3.8) is 0 Å². The Bertz CT molecular complexity index is 597. The van der Waals surface area contributed by atoms with Crippen molar-refractivity contribution < 1.29 is 17.9 Å². The van der Waals surface area contributed by atoms with Crippen molar-refractivity contribution >= 4 is 15.9 Å². The fraction of sp³-hybridized carbons (Fsp3) is 0.500. The van der Waals surface area contributed by atoms with E-state index in [0.29, 0.717) is 6.54 Å². The molecule has 0 fully saturated rings. The summed E-state index contributed by atoms with van der Waals surface area (Å²) in [6, 6.07) is 4.22. The Labute approximate surface area is 125 Å². The first-order valence-corrected chi connectivity index (χ1v) is 8.42. The second-order valence-corrected chi connectivity index (χ2v) is 6.51. The second kappa shape index (κ2) is 7.42. The number of hydrogen-bond acceptors (Lipinski definition) is 4. The molecule has 0 heterocycles. The van der Waals surface area contributed by atoms with Gasteiger partial charge in [-0.1, -0.05) is 13.3 Å². The highest BCUT2D eigenvalue weighted by Gasteiger charge is 2.19. The van der Waals surface area contributed by atoms with Gasteiger partial charge in [-0.3, -0.25) is 4.79 Å². The molecule has 1 aromatic rings. The zero-order chi connectivity index (χ0) is 16.0. The van der Waals surface area contributed by atoms with Gasteiger partial charge in [-0.05, 0) is 38.5 Å². The third kappa shape index (κ3) is 5.35. The van der Waals surface area contributed by atoms with Gasteiger partial charge in [0, 0.05) is 12.1 Å². The van der Waals surface area contributed by atoms with Crippen LogP contribution in [-0.2, 0) is 10.0 Å². The van der Waals surface area contributed by atoms with Crippen molar-refractivity contribution in [3.05, 3.63) is 23.8 Å². The number of nitrogens with two attached hydrogens (primary N) is 1. The number of rotatable bonds is 7. The maximum absolute atomic E-state index is 11.9. The highest BCUT2D eigenvalue weighted by molar-refractivity contribution is 7.89. The Kier molecular flexibility index (Phi) is 6.17. The smallest absolute Gasteiger partial charge is 0.251 e. The first-order chi connectivity index (χ1) is 9.75. The Morgan fingerprint density at radius 3 is 2.57 bits per heavy atom. The first kappa shape index (κ1) is 17.5. The van der Waals surface area contributed by atoms with Crippen LogP contribution in [0.4, 0.5) is 0 Å². The molecule has 0 saturated carbocycles. The zero-order valence-electron chi connectivity index (χ0n) is 12.5. The van der Waals surface area contributed by atoms with Gasteiger partial charge >= 0.3 is 0 Å². The van der Waals surface area contributed by atoms with E-state index in [1.54, 1.807) is 13.8 Å². The van der Waals surface area contributed by atoms with E-state index < -0.39 is 10.0 Å². The van der Waals surface area contributed by atoms with E-state index in [0.717, 1.165) is 12.8 Å². The third-order valence-corrected chi connectivity index (χ3v) is 3.62. The molecule has 0 bridgehead atoms. The average molecular weight is 314 g/mol. The van der Waals surface area contributed by atoms with Crippen molar-refractivity contribution in [2.75, 3.05) is 6.54 Å². The van der Waals surface area contributed by atoms with Crippen LogP contribution in [0.1, 0.15) is 44.0 Å². The van der Waals surface area contributed by atoms with Crippen molar-refractivity contribution in [1.29, 1.82) is 0 Å². The minimum absolute atomic E-state index is 0.151. The zero-order valence-corrected chi connectivity index (χ0v) is 13.4. The third-order valence-electron chi connectivity index (χ3n) is 2.69. The van der Waals surface area contributed by atoms with Gasteiger partial charge in [0.2, 0.25) is 10.0 Å². The lowest BCUT2D eigenvalue weighted by Crippen LogP contribution is -2.25. The minimum Gasteiger partial charge on any atom is -0.490 e. The van der Waals surface area contributed by atoms with Gasteiger partial charge in [0.25, 0.3) is 5.91 Å². The molecule has 0 aliphatic heterocycles. The first-order valence-electron chi connectivity index (χ1n) is 6.87. The molecule has 1 amide bonds. The Balaban J connectivity index is 3.07. The van der Waals surface area contributed by atoms with Gasteiger partial charge in [0.1, 0.15) is 10.6 Å². The van der Waals surface area contributed by atoms with E-state index >= 15 is 0 Å². The summed E-state index contributed by atoms with van der Waals surface area (Å²) in [4.78, 5) is 11.8. The lowest BCUT2D eigenvalue weighted by atomic mass is 10.2. The normalized spacial score (nSPS) is 11.5. The molecule has 118 valence electrons. The van der Waals surface area contributed by atoms with Crippen LogP contribution in [0, 0.1) is 0 Å². The van der Waals surface area contributed by atoms with Crippen LogP contribution in [0.2, 0.25) is 0 Å². The van der Waals surface area contributed by atoms with E-state index in [9.17, 15) is 13.2 Å². The molecule has 1 aromatic carbocycles. The van der Waals surface area contributed by atoms with Crippen LogP contribution in [0.5, 0.6) is 5.75 Å². The number of amides is 1. The van der Waals surface area contributed by atoms with Gasteiger partial charge in [-0.15, -0.1) is 0 Å². The molecule has 21 heavy (non-hydrogen) atoms. The van der Waals surface area contributed by atoms with E-state index in [1.165, 1.54) is 18.2 Å². The molecular formula is C14H22N2O4S. The van der Waals surface area contributed by atoms with Gasteiger partial charge in [-0.25, -0.2) is 13.6 Å². The number of nitrogens with one attached hydrogen (secondary N) is 1. The Hall–Kier alpha value is -1.60. The monoisotopic (exact) mass is 314 g/mol. The number of carbonyl (C=O) groups is 1. The maximum atomic E-state index is 11.9. The fourth-order valence-electron chi connectivity index (χ4n) is 1.70. The van der Waals surface area contributed by atoms with Crippen LogP contribution in [0.25, 0.3) is 0 Å². The molecule has 0 aliphatic rings. The Morgan fingerprint density at radius 2 is 2.05 bits per heavy atom. The van der Waals surface area contributed by atoms with Gasteiger partial charge in [0.15, 0.2) is 0 Å². The summed E-state index contributed by atoms with van der Waals surface area (Å²) in [6.07, 6.45) is 1.63. The van der Waals surface area contributed by atoms with Gasteiger partial charge < -0.3 is 10.1 Å². The van der Waals surface area contributed by atoms with E-state index in [2.05, 4.69) is 5.32 Å². The minimum atomic E-state index is -3.97. The van der Waals surface area contributed by atoms with Crippen LogP contribution in [-0.4, -0.2) is 27.0 Å². The molecular weight excluding hydrogens is 292 g/mol. The van der Waals surface area contributed by atoms with Crippen LogP contribution in [0.3, 0.4) is 0 Å². The summed E-state index contributed by atoms with van der Waals surface area (Å²) in [6.45, 7) is 6.12. The summed E-state index contributed by atoms with van der Waals surface area (Å²) in [5.41, 5.74) is 0.242. The van der Waals surface area contributed by atoms with E-state index in [1.807, 2.05) is 6.92 Å². The molecule has 6 nitrogen and oxygen atoms in total. The van der Waals surface area contributed by atoms with Crippen molar-refractivity contribution in [2.45, 2.75) is 44.6 Å². The fourth-order valence-corrected chi connectivity index (χ4v) is 2.39. The molecule has 7 heteroatoms. The van der Waals surface area contributed by atoms with Gasteiger partial charge in [0.05, 0.1) is 6.10 Å². The molecule has 0 aromatic heterocycles. The van der Waals surface area contributed by atoms with Crippen LogP contribution < -0.4 is 15.2 Å². The predicted molar refractivity (Wildman–Crippen MR) is 80.8 cm³/mol. The summed E-state index contributed by atoms with van der Waals surface area (Å²) < 4.78 is 28.7. The summed E-state index contributed by atoms with van der Waals surface area (Å²) in [5, 5.41) is 7.91. The molecule has 0 spiro atoms. The van der Waals surface area contributed by atoms with Crippen LogP contribution >= 0.6 is 0 Å². The number of sulfonamides is 1. The van der Waals surface area contributed by atoms with Crippen molar-refractivity contribution in [1.82, 2.24) is 5.32 Å². The molecule has 0 atom stereocenters. The highest BCUT2D eigenvalue weighted by Crippen LogP contribution is 2.25. The quantitative estimate of drug-likeness (QED) is 0.748. The SMILES string of the molecule is CCCCNC(=O)c1ccc(OC(C)C)c(S(N)(=O)=O)c1. The molecule has 0 radical (unpaired) electrons. The summed E-state index contributed by atoms with van der Waals surface area (Å²) in [7, 11) is -3.97. The molecule has 0 unspecified atom stereocenters. The molecule has 1 rings (SSSR count). The van der Waals surface area contributed by atoms with Crippen LogP contribution in [0.15, 0.2) is 23.1 Å². The number of primary sulfonamides is 1. The molecule has 0 saturated heterocycles.